The van der Waals surface area contributed by atoms with Crippen molar-refractivity contribution in [1.29, 1.82) is 0 Å². The Balaban J connectivity index is 1.83. The van der Waals surface area contributed by atoms with E-state index < -0.39 is 0 Å². The molecule has 0 saturated carbocycles. The lowest BCUT2D eigenvalue weighted by Crippen LogP contribution is -1.91. The van der Waals surface area contributed by atoms with Crippen molar-refractivity contribution < 1.29 is 4.74 Å². The number of rotatable bonds is 4. The van der Waals surface area contributed by atoms with Gasteiger partial charge >= 0.3 is 0 Å². The van der Waals surface area contributed by atoms with Crippen LogP contribution in [0.3, 0.4) is 0 Å². The van der Waals surface area contributed by atoms with Gasteiger partial charge in [-0.3, -0.25) is 10.2 Å². The molecule has 0 amide bonds. The van der Waals surface area contributed by atoms with Crippen LogP contribution >= 0.6 is 24.4 Å². The van der Waals surface area contributed by atoms with Crippen LogP contribution in [0.2, 0.25) is 0 Å². The second-order valence-electron chi connectivity index (χ2n) is 4.40. The van der Waals surface area contributed by atoms with Crippen molar-refractivity contribution in [3.05, 3.63) is 69.7 Å². The Morgan fingerprint density at radius 2 is 1.59 bits per heavy atom. The minimum Gasteiger partial charge on any atom is -0.457 e. The van der Waals surface area contributed by atoms with Crippen molar-refractivity contribution >= 4 is 30.7 Å². The SMILES string of the molecule is S=c1[nH][nH]c(=S)n1/N=C\c1cccc(Oc2ccccc2)c1. The van der Waals surface area contributed by atoms with E-state index in [-0.39, 0.29) is 0 Å². The lowest BCUT2D eigenvalue weighted by molar-refractivity contribution is 0.482. The number of ether oxygens (including phenoxy) is 1. The number of aromatic nitrogens is 3. The van der Waals surface area contributed by atoms with Gasteiger partial charge in [0.05, 0.1) is 6.21 Å². The molecule has 2 N–H and O–H groups in total. The predicted molar refractivity (Wildman–Crippen MR) is 90.8 cm³/mol. The quantitative estimate of drug-likeness (QED) is 0.555. The summed E-state index contributed by atoms with van der Waals surface area (Å²) in [6, 6.07) is 17.2. The van der Waals surface area contributed by atoms with Crippen LogP contribution in [0.15, 0.2) is 59.7 Å². The first-order valence-corrected chi connectivity index (χ1v) is 7.31. The number of aromatic amines is 2. The zero-order valence-corrected chi connectivity index (χ0v) is 13.0. The minimum absolute atomic E-state index is 0.415. The summed E-state index contributed by atoms with van der Waals surface area (Å²) < 4.78 is 8.05. The summed E-state index contributed by atoms with van der Waals surface area (Å²) in [6.45, 7) is 0. The van der Waals surface area contributed by atoms with E-state index >= 15 is 0 Å². The average Bonchev–Trinajstić information content (AvgIpc) is 2.85. The highest BCUT2D eigenvalue weighted by Gasteiger charge is 1.98. The van der Waals surface area contributed by atoms with Gasteiger partial charge in [-0.1, -0.05) is 30.3 Å². The molecule has 0 fully saturated rings. The fourth-order valence-corrected chi connectivity index (χ4v) is 2.25. The highest BCUT2D eigenvalue weighted by molar-refractivity contribution is 7.72. The second kappa shape index (κ2) is 6.50. The van der Waals surface area contributed by atoms with E-state index in [0.29, 0.717) is 9.54 Å². The fourth-order valence-electron chi connectivity index (χ4n) is 1.82. The van der Waals surface area contributed by atoms with E-state index in [2.05, 4.69) is 15.3 Å². The van der Waals surface area contributed by atoms with Gasteiger partial charge in [-0.2, -0.15) is 9.78 Å². The van der Waals surface area contributed by atoms with Crippen LogP contribution in [0.5, 0.6) is 11.5 Å². The van der Waals surface area contributed by atoms with Gasteiger partial charge in [-0.15, -0.1) is 0 Å². The summed E-state index contributed by atoms with van der Waals surface area (Å²) in [5.41, 5.74) is 0.880. The highest BCUT2D eigenvalue weighted by atomic mass is 32.1. The van der Waals surface area contributed by atoms with Crippen LogP contribution < -0.4 is 4.74 Å². The molecule has 3 aromatic rings. The number of benzene rings is 2. The molecule has 1 heterocycles. The van der Waals surface area contributed by atoms with Crippen LogP contribution in [0, 0.1) is 9.54 Å². The molecule has 0 aliphatic carbocycles. The highest BCUT2D eigenvalue weighted by Crippen LogP contribution is 2.21. The molecule has 0 atom stereocenters. The van der Waals surface area contributed by atoms with Crippen molar-refractivity contribution in [2.75, 3.05) is 0 Å². The molecule has 0 radical (unpaired) electrons. The molecule has 110 valence electrons. The summed E-state index contributed by atoms with van der Waals surface area (Å²) >= 11 is 10.1. The molecule has 0 unspecified atom stereocenters. The Bertz CT molecular complexity index is 881. The van der Waals surface area contributed by atoms with Crippen molar-refractivity contribution in [2.24, 2.45) is 5.10 Å². The Morgan fingerprint density at radius 1 is 0.909 bits per heavy atom. The molecule has 0 saturated heterocycles. The smallest absolute Gasteiger partial charge is 0.215 e. The van der Waals surface area contributed by atoms with Gasteiger partial charge in [-0.25, -0.2) is 0 Å². The first-order valence-electron chi connectivity index (χ1n) is 6.49. The maximum absolute atomic E-state index is 5.78. The van der Waals surface area contributed by atoms with Gasteiger partial charge < -0.3 is 4.74 Å². The number of nitrogens with one attached hydrogen (secondary N) is 2. The van der Waals surface area contributed by atoms with Gasteiger partial charge in [0.2, 0.25) is 9.54 Å². The number of H-pyrrole nitrogens is 2. The molecular formula is C15H12N4OS2. The van der Waals surface area contributed by atoms with Gasteiger partial charge in [-0.05, 0) is 54.3 Å². The molecule has 5 nitrogen and oxygen atoms in total. The lowest BCUT2D eigenvalue weighted by Gasteiger charge is -2.05. The molecule has 2 aromatic carbocycles. The van der Waals surface area contributed by atoms with Crippen molar-refractivity contribution in [3.63, 3.8) is 0 Å². The monoisotopic (exact) mass is 328 g/mol. The van der Waals surface area contributed by atoms with E-state index in [9.17, 15) is 0 Å². The molecule has 0 aliphatic heterocycles. The third kappa shape index (κ3) is 3.38. The second-order valence-corrected chi connectivity index (χ2v) is 5.18. The zero-order chi connectivity index (χ0) is 15.4. The first-order chi connectivity index (χ1) is 10.7. The summed E-state index contributed by atoms with van der Waals surface area (Å²) in [5.74, 6) is 1.52. The molecule has 3 rings (SSSR count). The Morgan fingerprint density at radius 3 is 2.32 bits per heavy atom. The summed E-state index contributed by atoms with van der Waals surface area (Å²) in [5, 5.41) is 9.70. The number of hydrogen-bond acceptors (Lipinski definition) is 4. The molecule has 0 spiro atoms. The van der Waals surface area contributed by atoms with Gasteiger partial charge in [0.1, 0.15) is 11.5 Å². The predicted octanol–water partition coefficient (Wildman–Crippen LogP) is 4.28. The molecule has 0 aliphatic rings. The molecule has 1 aromatic heterocycles. The van der Waals surface area contributed by atoms with E-state index in [1.54, 1.807) is 6.21 Å². The van der Waals surface area contributed by atoms with E-state index in [4.69, 9.17) is 29.2 Å². The fraction of sp³-hybridized carbons (Fsp3) is 0. The average molecular weight is 328 g/mol. The van der Waals surface area contributed by atoms with Crippen LogP contribution in [0.1, 0.15) is 5.56 Å². The minimum atomic E-state index is 0.415. The van der Waals surface area contributed by atoms with Gasteiger partial charge in [0, 0.05) is 0 Å². The third-order valence-electron chi connectivity index (χ3n) is 2.82. The van der Waals surface area contributed by atoms with E-state index in [0.717, 1.165) is 17.1 Å². The Labute approximate surface area is 136 Å². The number of hydrogen-bond donors (Lipinski definition) is 2. The van der Waals surface area contributed by atoms with Gasteiger partial charge in [0.15, 0.2) is 0 Å². The maximum Gasteiger partial charge on any atom is 0.215 e. The Kier molecular flexibility index (Phi) is 4.27. The van der Waals surface area contributed by atoms with Crippen LogP contribution in [-0.4, -0.2) is 21.1 Å². The van der Waals surface area contributed by atoms with Crippen molar-refractivity contribution in [1.82, 2.24) is 14.9 Å². The van der Waals surface area contributed by atoms with Gasteiger partial charge in [0.25, 0.3) is 0 Å². The molecule has 7 heteroatoms. The van der Waals surface area contributed by atoms with Crippen LogP contribution in [0.25, 0.3) is 0 Å². The maximum atomic E-state index is 5.78. The zero-order valence-electron chi connectivity index (χ0n) is 11.4. The summed E-state index contributed by atoms with van der Waals surface area (Å²) in [6.07, 6.45) is 1.67. The van der Waals surface area contributed by atoms with E-state index in [1.165, 1.54) is 4.68 Å². The first kappa shape index (κ1) is 14.4. The van der Waals surface area contributed by atoms with Crippen molar-refractivity contribution in [2.45, 2.75) is 0 Å². The normalized spacial score (nSPS) is 10.9. The summed E-state index contributed by atoms with van der Waals surface area (Å²) in [4.78, 5) is 0. The summed E-state index contributed by atoms with van der Waals surface area (Å²) in [7, 11) is 0. The standard InChI is InChI=1S/C15H12N4OS2/c21-14-17-18-15(22)19(14)16-10-11-5-4-8-13(9-11)20-12-6-2-1-3-7-12/h1-10H,(H,17,21)(H,18,22)/b16-10-. The molecule has 22 heavy (non-hydrogen) atoms. The van der Waals surface area contributed by atoms with E-state index in [1.807, 2.05) is 54.6 Å². The van der Waals surface area contributed by atoms with Crippen LogP contribution in [0.4, 0.5) is 0 Å². The number of nitrogens with zero attached hydrogens (tertiary/aromatic N) is 2. The largest absolute Gasteiger partial charge is 0.457 e. The third-order valence-corrected chi connectivity index (χ3v) is 3.37. The van der Waals surface area contributed by atoms with Crippen molar-refractivity contribution in [3.8, 4) is 11.5 Å². The van der Waals surface area contributed by atoms with Crippen LogP contribution in [-0.2, 0) is 0 Å². The molecular weight excluding hydrogens is 316 g/mol. The number of para-hydroxylation sites is 1. The lowest BCUT2D eigenvalue weighted by atomic mass is 10.2. The Hall–Kier alpha value is -2.51. The molecule has 0 bridgehead atoms. The topological polar surface area (TPSA) is 58.1 Å².